The quantitative estimate of drug-likeness (QED) is 0.321. The van der Waals surface area contributed by atoms with Gasteiger partial charge in [0.15, 0.2) is 11.5 Å². The Labute approximate surface area is 206 Å². The van der Waals surface area contributed by atoms with Crippen molar-refractivity contribution in [2.24, 2.45) is 11.7 Å². The Balaban J connectivity index is 3.20. The molecular weight excluding hydrogens is 458 g/mol. The molecule has 0 saturated heterocycles. The summed E-state index contributed by atoms with van der Waals surface area (Å²) in [5.74, 6) is -3.22. The van der Waals surface area contributed by atoms with Crippen molar-refractivity contribution >= 4 is 24.1 Å². The van der Waals surface area contributed by atoms with Gasteiger partial charge in [0, 0.05) is 25.2 Å². The van der Waals surface area contributed by atoms with E-state index in [1.54, 1.807) is 34.6 Å². The molecule has 10 heteroatoms. The van der Waals surface area contributed by atoms with E-state index in [1.807, 2.05) is 6.92 Å². The number of hydrogen-bond acceptors (Lipinski definition) is 9. The van der Waals surface area contributed by atoms with Gasteiger partial charge in [-0.25, -0.2) is 4.79 Å². The maximum absolute atomic E-state index is 12.2. The highest BCUT2D eigenvalue weighted by Crippen LogP contribution is 2.33. The highest BCUT2D eigenvalue weighted by molar-refractivity contribution is 5.80. The van der Waals surface area contributed by atoms with Crippen molar-refractivity contribution in [3.8, 4) is 11.5 Å². The van der Waals surface area contributed by atoms with Crippen molar-refractivity contribution in [1.82, 2.24) is 0 Å². The van der Waals surface area contributed by atoms with Crippen molar-refractivity contribution < 1.29 is 43.2 Å². The smallest absolute Gasteiger partial charge is 0.480 e. The summed E-state index contributed by atoms with van der Waals surface area (Å²) in [6.07, 6.45) is -1.24. The predicted octanol–water partition coefficient (Wildman–Crippen LogP) is 4.01. The summed E-state index contributed by atoms with van der Waals surface area (Å²) >= 11 is 0. The van der Waals surface area contributed by atoms with Gasteiger partial charge in [0.05, 0.1) is 0 Å². The van der Waals surface area contributed by atoms with Gasteiger partial charge in [-0.05, 0) is 44.9 Å². The van der Waals surface area contributed by atoms with Crippen molar-refractivity contribution in [3.63, 3.8) is 0 Å². The monoisotopic (exact) mass is 495 g/mol. The average molecular weight is 496 g/mol. The van der Waals surface area contributed by atoms with Crippen LogP contribution >= 0.6 is 0 Å². The molecule has 0 aromatic heterocycles. The van der Waals surface area contributed by atoms with Gasteiger partial charge in [-0.3, -0.25) is 14.4 Å². The van der Waals surface area contributed by atoms with Crippen LogP contribution in [0.1, 0.15) is 73.3 Å². The third-order valence-electron chi connectivity index (χ3n) is 5.94. The van der Waals surface area contributed by atoms with Crippen LogP contribution in [0.25, 0.3) is 0 Å². The zero-order valence-corrected chi connectivity index (χ0v) is 21.5. The molecule has 0 saturated carbocycles. The van der Waals surface area contributed by atoms with Gasteiger partial charge >= 0.3 is 24.1 Å². The van der Waals surface area contributed by atoms with Crippen molar-refractivity contribution in [3.05, 3.63) is 23.8 Å². The summed E-state index contributed by atoms with van der Waals surface area (Å²) in [5, 5.41) is 9.98. The van der Waals surface area contributed by atoms with Gasteiger partial charge in [0.25, 0.3) is 0 Å². The van der Waals surface area contributed by atoms with E-state index in [4.69, 9.17) is 24.7 Å². The minimum atomic E-state index is -1.85. The number of carbonyl (C=O) groups excluding carboxylic acids is 3. The van der Waals surface area contributed by atoms with E-state index < -0.39 is 47.2 Å². The Morgan fingerprint density at radius 1 is 0.971 bits per heavy atom. The summed E-state index contributed by atoms with van der Waals surface area (Å²) in [5.41, 5.74) is 4.17. The summed E-state index contributed by atoms with van der Waals surface area (Å²) in [6, 6.07) is 4.35. The molecule has 196 valence electrons. The topological polar surface area (TPSA) is 151 Å². The molecule has 0 aliphatic heterocycles. The molecular formula is C25H37NO9. The second-order valence-corrected chi connectivity index (χ2v) is 9.04. The van der Waals surface area contributed by atoms with E-state index in [-0.39, 0.29) is 30.8 Å². The first-order valence-electron chi connectivity index (χ1n) is 11.6. The number of nitrogens with two attached hydrogens (primary N) is 1. The van der Waals surface area contributed by atoms with Crippen LogP contribution in [0.2, 0.25) is 0 Å². The van der Waals surface area contributed by atoms with Crippen LogP contribution in [-0.4, -0.2) is 46.4 Å². The van der Waals surface area contributed by atoms with Gasteiger partial charge in [0.1, 0.15) is 17.2 Å². The zero-order chi connectivity index (χ0) is 27.0. The predicted molar refractivity (Wildman–Crippen MR) is 127 cm³/mol. The van der Waals surface area contributed by atoms with Crippen molar-refractivity contribution in [1.29, 1.82) is 0 Å². The van der Waals surface area contributed by atoms with Gasteiger partial charge in [-0.15, -0.1) is 0 Å². The molecule has 0 radical (unpaired) electrons. The lowest BCUT2D eigenvalue weighted by atomic mass is 9.78. The van der Waals surface area contributed by atoms with E-state index in [1.165, 1.54) is 25.1 Å². The number of carbonyl (C=O) groups is 4. The molecule has 0 heterocycles. The minimum Gasteiger partial charge on any atom is -0.480 e. The van der Waals surface area contributed by atoms with E-state index in [0.717, 1.165) is 0 Å². The second-order valence-electron chi connectivity index (χ2n) is 9.04. The molecule has 3 atom stereocenters. The molecule has 3 N–H and O–H groups in total. The van der Waals surface area contributed by atoms with Gasteiger partial charge < -0.3 is 29.8 Å². The maximum Gasteiger partial charge on any atom is 0.509 e. The standard InChI is InChI=1S/C25H37NO9/c1-8-20(27)33-18-12-11-17(13-19(18)34-21(28)9-2)14-25(26,22(29)30)15(4)16(5)32-23(31)35-24(6,7)10-3/h11-13,15-16H,8-10,14,26H2,1-7H3,(H,29,30)/t15-,16+,25-/m1/s1. The van der Waals surface area contributed by atoms with Crippen LogP contribution in [0.5, 0.6) is 11.5 Å². The normalized spacial score (nSPS) is 14.7. The first-order valence-corrected chi connectivity index (χ1v) is 11.6. The van der Waals surface area contributed by atoms with Gasteiger partial charge in [-0.2, -0.15) is 0 Å². The first-order chi connectivity index (χ1) is 16.2. The molecule has 0 amide bonds. The number of ether oxygens (including phenoxy) is 4. The highest BCUT2D eigenvalue weighted by Gasteiger charge is 2.44. The van der Waals surface area contributed by atoms with E-state index in [0.29, 0.717) is 12.0 Å². The molecule has 1 aromatic rings. The summed E-state index contributed by atoms with van der Waals surface area (Å²) in [4.78, 5) is 48.0. The number of benzene rings is 1. The number of rotatable bonds is 12. The number of esters is 2. The van der Waals surface area contributed by atoms with Crippen LogP contribution in [0.3, 0.4) is 0 Å². The highest BCUT2D eigenvalue weighted by atomic mass is 16.7. The molecule has 10 nitrogen and oxygen atoms in total. The van der Waals surface area contributed by atoms with Crippen LogP contribution in [0.15, 0.2) is 18.2 Å². The van der Waals surface area contributed by atoms with Crippen molar-refractivity contribution in [2.45, 2.75) is 91.4 Å². The third-order valence-corrected chi connectivity index (χ3v) is 5.94. The number of carboxylic acids is 1. The molecule has 0 aliphatic carbocycles. The zero-order valence-electron chi connectivity index (χ0n) is 21.5. The Hall–Kier alpha value is -3.14. The van der Waals surface area contributed by atoms with Crippen LogP contribution < -0.4 is 15.2 Å². The van der Waals surface area contributed by atoms with Crippen LogP contribution in [-0.2, 0) is 30.3 Å². The largest absolute Gasteiger partial charge is 0.509 e. The lowest BCUT2D eigenvalue weighted by molar-refractivity contribution is -0.148. The van der Waals surface area contributed by atoms with Gasteiger partial charge in [0.2, 0.25) is 0 Å². The van der Waals surface area contributed by atoms with E-state index in [2.05, 4.69) is 0 Å². The Morgan fingerprint density at radius 3 is 2.00 bits per heavy atom. The van der Waals surface area contributed by atoms with Gasteiger partial charge in [-0.1, -0.05) is 33.8 Å². The lowest BCUT2D eigenvalue weighted by Crippen LogP contribution is -2.58. The molecule has 0 bridgehead atoms. The number of carboxylic acid groups (broad SMARTS) is 1. The minimum absolute atomic E-state index is 0.0220. The van der Waals surface area contributed by atoms with E-state index in [9.17, 15) is 24.3 Å². The Bertz CT molecular complexity index is 928. The fourth-order valence-electron chi connectivity index (χ4n) is 2.98. The molecule has 0 spiro atoms. The van der Waals surface area contributed by atoms with Crippen LogP contribution in [0.4, 0.5) is 4.79 Å². The molecule has 1 aromatic carbocycles. The molecule has 0 unspecified atom stereocenters. The fraction of sp³-hybridized carbons (Fsp3) is 0.600. The second kappa shape index (κ2) is 12.5. The first kappa shape index (κ1) is 29.9. The van der Waals surface area contributed by atoms with Crippen molar-refractivity contribution in [2.75, 3.05) is 0 Å². The summed E-state index contributed by atoms with van der Waals surface area (Å²) in [7, 11) is 0. The average Bonchev–Trinajstić information content (AvgIpc) is 2.79. The number of aliphatic carboxylic acids is 1. The SMILES string of the molecule is CCC(=O)Oc1ccc(C[C@](N)(C(=O)O)[C@H](C)[C@H](C)OC(=O)OC(C)(C)CC)cc1OC(=O)CC. The van der Waals surface area contributed by atoms with Crippen LogP contribution in [0, 0.1) is 5.92 Å². The number of hydrogen-bond donors (Lipinski definition) is 2. The third kappa shape index (κ3) is 8.54. The maximum atomic E-state index is 12.2. The summed E-state index contributed by atoms with van der Waals surface area (Å²) in [6.45, 7) is 11.6. The molecule has 0 fully saturated rings. The molecule has 35 heavy (non-hydrogen) atoms. The Kier molecular flexibility index (Phi) is 10.7. The fourth-order valence-corrected chi connectivity index (χ4v) is 2.98. The summed E-state index contributed by atoms with van der Waals surface area (Å²) < 4.78 is 21.1. The lowest BCUT2D eigenvalue weighted by Gasteiger charge is -2.35. The molecule has 0 aliphatic rings. The molecule has 1 rings (SSSR count). The van der Waals surface area contributed by atoms with E-state index >= 15 is 0 Å². The Morgan fingerprint density at radius 2 is 1.51 bits per heavy atom.